The van der Waals surface area contributed by atoms with Crippen molar-refractivity contribution < 1.29 is 9.59 Å². The van der Waals surface area contributed by atoms with Crippen LogP contribution < -0.4 is 5.32 Å². The highest BCUT2D eigenvalue weighted by Gasteiger charge is 2.28. The van der Waals surface area contributed by atoms with Gasteiger partial charge in [0, 0.05) is 20.0 Å². The van der Waals surface area contributed by atoms with E-state index >= 15 is 0 Å². The number of likely N-dealkylation sites (tertiary alicyclic amines) is 2. The van der Waals surface area contributed by atoms with Crippen LogP contribution in [-0.2, 0) is 9.59 Å². The van der Waals surface area contributed by atoms with E-state index in [1.165, 1.54) is 25.9 Å². The minimum atomic E-state index is -0.267. The monoisotopic (exact) mass is 281 g/mol. The lowest BCUT2D eigenvalue weighted by Gasteiger charge is -2.25. The fraction of sp³-hybridized carbons (Fsp3) is 0.867. The number of rotatable bonds is 5. The lowest BCUT2D eigenvalue weighted by atomic mass is 10.1. The molecule has 0 aromatic carbocycles. The maximum absolute atomic E-state index is 12.2. The van der Waals surface area contributed by atoms with Gasteiger partial charge in [-0.2, -0.15) is 0 Å². The number of nitrogens with one attached hydrogen (secondary N) is 1. The summed E-state index contributed by atoms with van der Waals surface area (Å²) in [6.07, 6.45) is 6.85. The third kappa shape index (κ3) is 4.20. The highest BCUT2D eigenvalue weighted by Crippen LogP contribution is 2.16. The summed E-state index contributed by atoms with van der Waals surface area (Å²) in [4.78, 5) is 28.0. The molecule has 2 rings (SSSR count). The molecule has 2 aliphatic heterocycles. The minimum Gasteiger partial charge on any atom is -0.354 e. The second-order valence-electron chi connectivity index (χ2n) is 5.96. The normalized spacial score (nSPS) is 24.8. The second-order valence-corrected chi connectivity index (χ2v) is 5.96. The molecule has 2 heterocycles. The molecule has 0 aromatic rings. The Hall–Kier alpha value is -1.10. The van der Waals surface area contributed by atoms with Crippen LogP contribution in [-0.4, -0.2) is 60.9 Å². The van der Waals surface area contributed by atoms with Crippen LogP contribution in [0.2, 0.25) is 0 Å². The molecule has 0 radical (unpaired) electrons. The molecule has 2 amide bonds. The molecule has 114 valence electrons. The molecule has 0 aliphatic carbocycles. The minimum absolute atomic E-state index is 0.0178. The van der Waals surface area contributed by atoms with Crippen molar-refractivity contribution in [3.05, 3.63) is 0 Å². The van der Waals surface area contributed by atoms with Crippen molar-refractivity contribution in [2.24, 2.45) is 0 Å². The molecule has 1 N–H and O–H groups in total. The van der Waals surface area contributed by atoms with Gasteiger partial charge in [0.25, 0.3) is 0 Å². The molecule has 2 saturated heterocycles. The molecule has 2 fully saturated rings. The molecule has 0 spiro atoms. The number of hydrogen-bond donors (Lipinski definition) is 1. The van der Waals surface area contributed by atoms with E-state index < -0.39 is 0 Å². The maximum atomic E-state index is 12.2. The van der Waals surface area contributed by atoms with Crippen LogP contribution in [0.25, 0.3) is 0 Å². The smallest absolute Gasteiger partial charge is 0.242 e. The summed E-state index contributed by atoms with van der Waals surface area (Å²) in [5.74, 6) is 0.115. The summed E-state index contributed by atoms with van der Waals surface area (Å²) < 4.78 is 0. The first-order valence-corrected chi connectivity index (χ1v) is 7.94. The zero-order valence-corrected chi connectivity index (χ0v) is 12.6. The van der Waals surface area contributed by atoms with Crippen molar-refractivity contribution in [3.63, 3.8) is 0 Å². The Morgan fingerprint density at radius 3 is 2.75 bits per heavy atom. The number of carbonyl (C=O) groups excluding carboxylic acids is 2. The van der Waals surface area contributed by atoms with Gasteiger partial charge in [0.2, 0.25) is 11.8 Å². The molecule has 5 heteroatoms. The molecule has 0 bridgehead atoms. The zero-order chi connectivity index (χ0) is 14.4. The van der Waals surface area contributed by atoms with Crippen LogP contribution in [0.1, 0.15) is 44.9 Å². The summed E-state index contributed by atoms with van der Waals surface area (Å²) >= 11 is 0. The van der Waals surface area contributed by atoms with Crippen LogP contribution in [0.4, 0.5) is 0 Å². The van der Waals surface area contributed by atoms with Crippen molar-refractivity contribution in [3.8, 4) is 0 Å². The van der Waals surface area contributed by atoms with E-state index in [9.17, 15) is 9.59 Å². The van der Waals surface area contributed by atoms with Crippen LogP contribution >= 0.6 is 0 Å². The summed E-state index contributed by atoms with van der Waals surface area (Å²) in [6, 6.07) is -0.267. The predicted molar refractivity (Wildman–Crippen MR) is 78.3 cm³/mol. The van der Waals surface area contributed by atoms with Crippen LogP contribution in [0.15, 0.2) is 0 Å². The maximum Gasteiger partial charge on any atom is 0.242 e. The molecular formula is C15H27N3O2. The lowest BCUT2D eigenvalue weighted by molar-refractivity contribution is -0.138. The summed E-state index contributed by atoms with van der Waals surface area (Å²) in [5.41, 5.74) is 0. The molecule has 5 nitrogen and oxygen atoms in total. The molecule has 2 aliphatic rings. The molecule has 1 atom stereocenters. The molecular weight excluding hydrogens is 254 g/mol. The highest BCUT2D eigenvalue weighted by atomic mass is 16.2. The van der Waals surface area contributed by atoms with Gasteiger partial charge in [-0.15, -0.1) is 0 Å². The zero-order valence-electron chi connectivity index (χ0n) is 12.6. The average molecular weight is 281 g/mol. The summed E-state index contributed by atoms with van der Waals surface area (Å²) in [6.45, 7) is 4.19. The highest BCUT2D eigenvalue weighted by molar-refractivity contribution is 5.87. The Labute approximate surface area is 121 Å². The van der Waals surface area contributed by atoms with Crippen LogP contribution in [0.3, 0.4) is 0 Å². The van der Waals surface area contributed by atoms with Gasteiger partial charge >= 0.3 is 0 Å². The van der Waals surface area contributed by atoms with Gasteiger partial charge in [0.15, 0.2) is 0 Å². The third-order valence-corrected chi connectivity index (χ3v) is 4.43. The van der Waals surface area contributed by atoms with Crippen molar-refractivity contribution in [1.82, 2.24) is 15.1 Å². The van der Waals surface area contributed by atoms with Crippen molar-refractivity contribution in [1.29, 1.82) is 0 Å². The van der Waals surface area contributed by atoms with Crippen molar-refractivity contribution in [2.75, 3.05) is 33.2 Å². The first-order chi connectivity index (χ1) is 9.68. The fourth-order valence-electron chi connectivity index (χ4n) is 3.10. The Bertz CT molecular complexity index is 340. The second kappa shape index (κ2) is 7.62. The summed E-state index contributed by atoms with van der Waals surface area (Å²) in [5, 5.41) is 3.00. The van der Waals surface area contributed by atoms with Gasteiger partial charge < -0.3 is 15.1 Å². The molecule has 0 saturated carbocycles. The number of carbonyl (C=O) groups is 2. The number of amides is 2. The van der Waals surface area contributed by atoms with Gasteiger partial charge in [-0.25, -0.2) is 0 Å². The topological polar surface area (TPSA) is 52.7 Å². The summed E-state index contributed by atoms with van der Waals surface area (Å²) in [7, 11) is 1.75. The quantitative estimate of drug-likeness (QED) is 0.765. The Kier molecular flexibility index (Phi) is 5.83. The Morgan fingerprint density at radius 2 is 2.00 bits per heavy atom. The van der Waals surface area contributed by atoms with E-state index in [1.807, 2.05) is 0 Å². The predicted octanol–water partition coefficient (Wildman–Crippen LogP) is 0.989. The Balaban J connectivity index is 1.68. The van der Waals surface area contributed by atoms with Gasteiger partial charge in [0.05, 0.1) is 0 Å². The fourth-order valence-corrected chi connectivity index (χ4v) is 3.10. The first-order valence-electron chi connectivity index (χ1n) is 7.94. The van der Waals surface area contributed by atoms with Gasteiger partial charge in [-0.1, -0.05) is 6.42 Å². The standard InChI is InChI=1S/C15H27N3O2/c1-17-13(7-2-3-8-14(17)19)15(20)16-9-6-12-18-10-4-5-11-18/h13H,2-12H2,1H3,(H,16,20). The SMILES string of the molecule is CN1C(=O)CCCCC1C(=O)NCCCN1CCCC1. The number of hydrogen-bond acceptors (Lipinski definition) is 3. The Morgan fingerprint density at radius 1 is 1.25 bits per heavy atom. The van der Waals surface area contributed by atoms with E-state index in [1.54, 1.807) is 11.9 Å². The van der Waals surface area contributed by atoms with E-state index in [0.29, 0.717) is 13.0 Å². The van der Waals surface area contributed by atoms with E-state index in [0.717, 1.165) is 32.2 Å². The molecule has 1 unspecified atom stereocenters. The van der Waals surface area contributed by atoms with Gasteiger partial charge in [-0.05, 0) is 51.7 Å². The van der Waals surface area contributed by atoms with Gasteiger partial charge in [0.1, 0.15) is 6.04 Å². The van der Waals surface area contributed by atoms with Gasteiger partial charge in [-0.3, -0.25) is 9.59 Å². The largest absolute Gasteiger partial charge is 0.354 e. The van der Waals surface area contributed by atoms with Crippen LogP contribution in [0.5, 0.6) is 0 Å². The molecule has 20 heavy (non-hydrogen) atoms. The molecule has 0 aromatic heterocycles. The third-order valence-electron chi connectivity index (χ3n) is 4.43. The first kappa shape index (κ1) is 15.3. The van der Waals surface area contributed by atoms with E-state index in [4.69, 9.17) is 0 Å². The number of nitrogens with zero attached hydrogens (tertiary/aromatic N) is 2. The average Bonchev–Trinajstić information content (AvgIpc) is 2.89. The van der Waals surface area contributed by atoms with E-state index in [-0.39, 0.29) is 17.9 Å². The van der Waals surface area contributed by atoms with Crippen molar-refractivity contribution in [2.45, 2.75) is 51.0 Å². The van der Waals surface area contributed by atoms with E-state index in [2.05, 4.69) is 10.2 Å². The van der Waals surface area contributed by atoms with Crippen LogP contribution in [0, 0.1) is 0 Å². The van der Waals surface area contributed by atoms with Crippen molar-refractivity contribution >= 4 is 11.8 Å². The number of likely N-dealkylation sites (N-methyl/N-ethyl adjacent to an activating group) is 1. The lowest BCUT2D eigenvalue weighted by Crippen LogP contribution is -2.47.